The molecule has 2 heterocycles. The molecule has 1 aromatic heterocycles. The minimum Gasteiger partial charge on any atom is -0.396 e. The topological polar surface area (TPSA) is 75.0 Å². The molecule has 1 aliphatic heterocycles. The van der Waals surface area contributed by atoms with E-state index in [4.69, 9.17) is 5.73 Å². The number of halogens is 3. The van der Waals surface area contributed by atoms with Gasteiger partial charge in [0.1, 0.15) is 5.69 Å². The van der Waals surface area contributed by atoms with Gasteiger partial charge in [0.2, 0.25) is 0 Å². The highest BCUT2D eigenvalue weighted by molar-refractivity contribution is 5.97. The third-order valence-corrected chi connectivity index (χ3v) is 3.05. The summed E-state index contributed by atoms with van der Waals surface area (Å²) in [6.07, 6.45) is -2.60. The molecule has 0 spiro atoms. The molecule has 0 aromatic carbocycles. The van der Waals surface area contributed by atoms with E-state index in [1.807, 2.05) is 0 Å². The SMILES string of the molecule is Nc1cn[nH]c1C(=O)N1CCCC(C(F)(F)F)C1. The van der Waals surface area contributed by atoms with Crippen LogP contribution in [-0.4, -0.2) is 40.3 Å². The quantitative estimate of drug-likeness (QED) is 0.803. The fourth-order valence-corrected chi connectivity index (χ4v) is 2.05. The van der Waals surface area contributed by atoms with E-state index in [0.29, 0.717) is 13.0 Å². The second-order valence-electron chi connectivity index (χ2n) is 4.33. The normalized spacial score (nSPS) is 21.1. The summed E-state index contributed by atoms with van der Waals surface area (Å²) in [5.74, 6) is -1.99. The highest BCUT2D eigenvalue weighted by atomic mass is 19.4. The molecule has 1 amide bonds. The Morgan fingerprint density at radius 1 is 1.56 bits per heavy atom. The Hall–Kier alpha value is -1.73. The molecule has 8 heteroatoms. The molecule has 1 aliphatic rings. The van der Waals surface area contributed by atoms with Crippen LogP contribution in [0.5, 0.6) is 0 Å². The monoisotopic (exact) mass is 262 g/mol. The number of likely N-dealkylation sites (tertiary alicyclic amines) is 1. The number of piperidine rings is 1. The Kier molecular flexibility index (Phi) is 3.18. The van der Waals surface area contributed by atoms with Crippen molar-refractivity contribution in [3.63, 3.8) is 0 Å². The third kappa shape index (κ3) is 2.41. The van der Waals surface area contributed by atoms with Gasteiger partial charge in [-0.3, -0.25) is 9.89 Å². The Balaban J connectivity index is 2.10. The summed E-state index contributed by atoms with van der Waals surface area (Å²) < 4.78 is 37.9. The van der Waals surface area contributed by atoms with Crippen molar-refractivity contribution in [2.45, 2.75) is 19.0 Å². The highest BCUT2D eigenvalue weighted by Gasteiger charge is 2.43. The molecule has 1 atom stereocenters. The van der Waals surface area contributed by atoms with Gasteiger partial charge in [0.05, 0.1) is 17.8 Å². The van der Waals surface area contributed by atoms with Crippen molar-refractivity contribution in [3.05, 3.63) is 11.9 Å². The standard InChI is InChI=1S/C10H13F3N4O/c11-10(12,13)6-2-1-3-17(5-6)9(18)8-7(14)4-15-16-8/h4,6H,1-3,5,14H2,(H,15,16). The van der Waals surface area contributed by atoms with Gasteiger partial charge in [-0.1, -0.05) is 0 Å². The highest BCUT2D eigenvalue weighted by Crippen LogP contribution is 2.33. The van der Waals surface area contributed by atoms with E-state index >= 15 is 0 Å². The number of aromatic amines is 1. The minimum absolute atomic E-state index is 0.0535. The van der Waals surface area contributed by atoms with Crippen LogP contribution in [-0.2, 0) is 0 Å². The minimum atomic E-state index is -4.27. The lowest BCUT2D eigenvalue weighted by Gasteiger charge is -2.33. The molecule has 1 saturated heterocycles. The molecule has 0 radical (unpaired) electrons. The first-order chi connectivity index (χ1) is 8.39. The second kappa shape index (κ2) is 4.51. The molecular weight excluding hydrogens is 249 g/mol. The number of hydrogen-bond acceptors (Lipinski definition) is 3. The zero-order chi connectivity index (χ0) is 13.3. The van der Waals surface area contributed by atoms with Gasteiger partial charge >= 0.3 is 6.18 Å². The Bertz CT molecular complexity index is 443. The summed E-state index contributed by atoms with van der Waals surface area (Å²) in [6, 6.07) is 0. The lowest BCUT2D eigenvalue weighted by Crippen LogP contribution is -2.44. The van der Waals surface area contributed by atoms with Crippen LogP contribution in [0.1, 0.15) is 23.3 Å². The van der Waals surface area contributed by atoms with E-state index in [2.05, 4.69) is 10.2 Å². The fourth-order valence-electron chi connectivity index (χ4n) is 2.05. The van der Waals surface area contributed by atoms with Crippen molar-refractivity contribution in [2.75, 3.05) is 18.8 Å². The van der Waals surface area contributed by atoms with Crippen LogP contribution in [0.15, 0.2) is 6.20 Å². The first-order valence-corrected chi connectivity index (χ1v) is 5.54. The number of nitrogens with zero attached hydrogens (tertiary/aromatic N) is 2. The van der Waals surface area contributed by atoms with Crippen LogP contribution < -0.4 is 5.73 Å². The zero-order valence-electron chi connectivity index (χ0n) is 9.50. The maximum Gasteiger partial charge on any atom is 0.393 e. The van der Waals surface area contributed by atoms with Crippen LogP contribution in [0.3, 0.4) is 0 Å². The average Bonchev–Trinajstić information content (AvgIpc) is 2.73. The number of alkyl halides is 3. The van der Waals surface area contributed by atoms with Crippen molar-refractivity contribution in [1.82, 2.24) is 15.1 Å². The van der Waals surface area contributed by atoms with Gasteiger partial charge in [0.25, 0.3) is 5.91 Å². The summed E-state index contributed by atoms with van der Waals surface area (Å²) in [4.78, 5) is 13.1. The van der Waals surface area contributed by atoms with Crippen molar-refractivity contribution in [2.24, 2.45) is 5.92 Å². The molecule has 18 heavy (non-hydrogen) atoms. The molecule has 0 bridgehead atoms. The van der Waals surface area contributed by atoms with E-state index in [9.17, 15) is 18.0 Å². The van der Waals surface area contributed by atoms with Gasteiger partial charge in [-0.15, -0.1) is 0 Å². The number of rotatable bonds is 1. The van der Waals surface area contributed by atoms with E-state index in [-0.39, 0.29) is 24.3 Å². The zero-order valence-corrected chi connectivity index (χ0v) is 9.50. The van der Waals surface area contributed by atoms with Crippen molar-refractivity contribution in [3.8, 4) is 0 Å². The van der Waals surface area contributed by atoms with Crippen LogP contribution in [0.2, 0.25) is 0 Å². The van der Waals surface area contributed by atoms with Gasteiger partial charge in [-0.2, -0.15) is 18.3 Å². The average molecular weight is 262 g/mol. The number of aromatic nitrogens is 2. The van der Waals surface area contributed by atoms with Crippen LogP contribution in [0.4, 0.5) is 18.9 Å². The van der Waals surface area contributed by atoms with E-state index in [1.54, 1.807) is 0 Å². The molecule has 1 unspecified atom stereocenters. The lowest BCUT2D eigenvalue weighted by molar-refractivity contribution is -0.184. The molecule has 5 nitrogen and oxygen atoms in total. The number of hydrogen-bond donors (Lipinski definition) is 2. The predicted molar refractivity (Wildman–Crippen MR) is 57.7 cm³/mol. The number of nitrogens with two attached hydrogens (primary N) is 1. The Labute approximate surface area is 101 Å². The number of H-pyrrole nitrogens is 1. The smallest absolute Gasteiger partial charge is 0.393 e. The van der Waals surface area contributed by atoms with Crippen LogP contribution in [0.25, 0.3) is 0 Å². The number of nitrogen functional groups attached to an aromatic ring is 1. The maximum absolute atomic E-state index is 12.6. The molecule has 2 rings (SSSR count). The molecule has 0 saturated carbocycles. The predicted octanol–water partition coefficient (Wildman–Crippen LogP) is 1.41. The van der Waals surface area contributed by atoms with Crippen molar-refractivity contribution in [1.29, 1.82) is 0 Å². The molecule has 0 aliphatic carbocycles. The summed E-state index contributed by atoms with van der Waals surface area (Å²) in [5, 5.41) is 5.99. The maximum atomic E-state index is 12.6. The number of carbonyl (C=O) groups excluding carboxylic acids is 1. The van der Waals surface area contributed by atoms with E-state index in [1.165, 1.54) is 11.1 Å². The number of nitrogens with one attached hydrogen (secondary N) is 1. The number of amides is 1. The third-order valence-electron chi connectivity index (χ3n) is 3.05. The Morgan fingerprint density at radius 2 is 2.28 bits per heavy atom. The largest absolute Gasteiger partial charge is 0.396 e. The number of carbonyl (C=O) groups is 1. The molecule has 3 N–H and O–H groups in total. The van der Waals surface area contributed by atoms with E-state index < -0.39 is 18.0 Å². The fraction of sp³-hybridized carbons (Fsp3) is 0.600. The number of anilines is 1. The summed E-state index contributed by atoms with van der Waals surface area (Å²) in [6.45, 7) is -0.00926. The lowest BCUT2D eigenvalue weighted by atomic mass is 9.97. The van der Waals surface area contributed by atoms with Gasteiger partial charge in [-0.25, -0.2) is 0 Å². The van der Waals surface area contributed by atoms with Gasteiger partial charge in [0.15, 0.2) is 0 Å². The summed E-state index contributed by atoms with van der Waals surface area (Å²) in [5.41, 5.74) is 5.71. The molecule has 1 aromatic rings. The van der Waals surface area contributed by atoms with E-state index in [0.717, 1.165) is 0 Å². The van der Waals surface area contributed by atoms with Crippen molar-refractivity contribution >= 4 is 11.6 Å². The van der Waals surface area contributed by atoms with Gasteiger partial charge < -0.3 is 10.6 Å². The Morgan fingerprint density at radius 3 is 2.83 bits per heavy atom. The molecule has 1 fully saturated rings. The summed E-state index contributed by atoms with van der Waals surface area (Å²) >= 11 is 0. The van der Waals surface area contributed by atoms with Gasteiger partial charge in [-0.05, 0) is 12.8 Å². The summed E-state index contributed by atoms with van der Waals surface area (Å²) in [7, 11) is 0. The first kappa shape index (κ1) is 12.7. The molecule has 100 valence electrons. The second-order valence-corrected chi connectivity index (χ2v) is 4.33. The van der Waals surface area contributed by atoms with Crippen LogP contribution in [0, 0.1) is 5.92 Å². The first-order valence-electron chi connectivity index (χ1n) is 5.54. The van der Waals surface area contributed by atoms with Crippen LogP contribution >= 0.6 is 0 Å². The van der Waals surface area contributed by atoms with Crippen molar-refractivity contribution < 1.29 is 18.0 Å². The van der Waals surface area contributed by atoms with Gasteiger partial charge in [0, 0.05) is 13.1 Å². The molecular formula is C10H13F3N4O.